The van der Waals surface area contributed by atoms with Crippen LogP contribution in [-0.4, -0.2) is 59.8 Å². The highest BCUT2D eigenvalue weighted by Crippen LogP contribution is 2.33. The minimum atomic E-state index is -1.27. The molecule has 5 N–H and O–H groups in total. The van der Waals surface area contributed by atoms with Gasteiger partial charge in [-0.1, -0.05) is 83.5 Å². The molecule has 0 radical (unpaired) electrons. The minimum absolute atomic E-state index is 0.199. The molecule has 9 heteroatoms. The molecule has 1 aliphatic heterocycles. The van der Waals surface area contributed by atoms with E-state index in [0.29, 0.717) is 17.0 Å². The first-order valence-corrected chi connectivity index (χ1v) is 13.2. The Morgan fingerprint density at radius 3 is 2.17 bits per heavy atom. The van der Waals surface area contributed by atoms with Crippen LogP contribution in [0.1, 0.15) is 102 Å². The number of imidazole rings is 1. The number of anilines is 1. The molecule has 2 aromatic rings. The van der Waals surface area contributed by atoms with E-state index >= 15 is 0 Å². The number of hydrogen-bond acceptors (Lipinski definition) is 8. The average Bonchev–Trinajstić information content (AvgIpc) is 3.36. The zero-order chi connectivity index (χ0) is 25.0. The van der Waals surface area contributed by atoms with Crippen molar-refractivity contribution in [1.82, 2.24) is 19.5 Å². The van der Waals surface area contributed by atoms with Gasteiger partial charge in [-0.2, -0.15) is 0 Å². The summed E-state index contributed by atoms with van der Waals surface area (Å²) in [4.78, 5) is 12.7. The van der Waals surface area contributed by atoms with Crippen molar-refractivity contribution in [3.63, 3.8) is 0 Å². The number of aromatic nitrogens is 4. The van der Waals surface area contributed by atoms with Crippen molar-refractivity contribution in [2.75, 3.05) is 12.3 Å². The Morgan fingerprint density at radius 2 is 1.57 bits per heavy atom. The fourth-order valence-corrected chi connectivity index (χ4v) is 4.54. The smallest absolute Gasteiger partial charge is 0.189 e. The number of fused-ring (bicyclic) bond motifs is 1. The van der Waals surface area contributed by atoms with Crippen LogP contribution in [0, 0.1) is 11.8 Å². The number of hydrogen-bond donors (Lipinski definition) is 4. The van der Waals surface area contributed by atoms with E-state index in [4.69, 9.17) is 10.5 Å². The average molecular weight is 488 g/mol. The van der Waals surface area contributed by atoms with Crippen molar-refractivity contribution in [1.29, 1.82) is 0 Å². The van der Waals surface area contributed by atoms with Gasteiger partial charge in [0.2, 0.25) is 0 Å². The Kier molecular flexibility index (Phi) is 11.2. The number of aliphatic hydroxyl groups is 3. The molecular weight excluding hydrogens is 446 g/mol. The van der Waals surface area contributed by atoms with Crippen LogP contribution < -0.4 is 5.73 Å². The van der Waals surface area contributed by atoms with Crippen LogP contribution in [0.3, 0.4) is 0 Å². The summed E-state index contributed by atoms with van der Waals surface area (Å²) in [7, 11) is 0. The summed E-state index contributed by atoms with van der Waals surface area (Å²) in [6.45, 7) is 1.84. The monoisotopic (exact) mass is 487 g/mol. The van der Waals surface area contributed by atoms with E-state index in [1.807, 2.05) is 0 Å². The molecule has 35 heavy (non-hydrogen) atoms. The second-order valence-electron chi connectivity index (χ2n) is 9.41. The van der Waals surface area contributed by atoms with Crippen molar-refractivity contribution >= 4 is 17.0 Å². The van der Waals surface area contributed by atoms with E-state index in [-0.39, 0.29) is 5.82 Å². The van der Waals surface area contributed by atoms with E-state index in [9.17, 15) is 15.3 Å². The molecule has 0 unspecified atom stereocenters. The largest absolute Gasteiger partial charge is 0.394 e. The van der Waals surface area contributed by atoms with Crippen LogP contribution >= 0.6 is 0 Å². The van der Waals surface area contributed by atoms with Crippen LogP contribution in [-0.2, 0) is 4.74 Å². The molecule has 0 bridgehead atoms. The fourth-order valence-electron chi connectivity index (χ4n) is 4.54. The van der Waals surface area contributed by atoms with E-state index in [1.54, 1.807) is 0 Å². The van der Waals surface area contributed by atoms with Crippen LogP contribution in [0.15, 0.2) is 6.33 Å². The molecule has 0 amide bonds. The molecule has 0 saturated carbocycles. The van der Waals surface area contributed by atoms with Crippen molar-refractivity contribution in [3.8, 4) is 11.8 Å². The van der Waals surface area contributed by atoms with Crippen molar-refractivity contribution in [2.24, 2.45) is 0 Å². The molecule has 3 heterocycles. The quantitative estimate of drug-likeness (QED) is 0.235. The molecule has 0 aliphatic carbocycles. The second kappa shape index (κ2) is 14.3. The summed E-state index contributed by atoms with van der Waals surface area (Å²) in [5.74, 6) is 6.75. The van der Waals surface area contributed by atoms with E-state index in [2.05, 4.69) is 33.7 Å². The number of unbranched alkanes of at least 4 members (excludes halogenated alkanes) is 12. The number of nitrogens with two attached hydrogens (primary N) is 1. The Morgan fingerprint density at radius 1 is 0.943 bits per heavy atom. The van der Waals surface area contributed by atoms with Gasteiger partial charge < -0.3 is 25.8 Å². The lowest BCUT2D eigenvalue weighted by molar-refractivity contribution is -0.0514. The van der Waals surface area contributed by atoms with Gasteiger partial charge in [0.05, 0.1) is 6.61 Å². The first-order chi connectivity index (χ1) is 17.1. The summed E-state index contributed by atoms with van der Waals surface area (Å²) < 4.78 is 7.23. The number of rotatable bonds is 14. The molecule has 0 aromatic carbocycles. The zero-order valence-electron chi connectivity index (χ0n) is 20.9. The molecule has 9 nitrogen and oxygen atoms in total. The summed E-state index contributed by atoms with van der Waals surface area (Å²) in [6, 6.07) is 0. The maximum absolute atomic E-state index is 10.5. The summed E-state index contributed by atoms with van der Waals surface area (Å²) in [6.07, 6.45) is 13.1. The third-order valence-electron chi connectivity index (χ3n) is 6.63. The first kappa shape index (κ1) is 27.3. The van der Waals surface area contributed by atoms with Gasteiger partial charge in [0.15, 0.2) is 29.0 Å². The van der Waals surface area contributed by atoms with Gasteiger partial charge in [-0.05, 0) is 12.3 Å². The minimum Gasteiger partial charge on any atom is -0.394 e. The molecule has 3 rings (SSSR count). The highest BCUT2D eigenvalue weighted by molar-refractivity contribution is 5.82. The van der Waals surface area contributed by atoms with Gasteiger partial charge in [0.1, 0.15) is 24.6 Å². The van der Waals surface area contributed by atoms with Gasteiger partial charge in [-0.3, -0.25) is 4.57 Å². The summed E-state index contributed by atoms with van der Waals surface area (Å²) >= 11 is 0. The number of aliphatic hydroxyl groups excluding tert-OH is 3. The second-order valence-corrected chi connectivity index (χ2v) is 9.41. The zero-order valence-corrected chi connectivity index (χ0v) is 20.9. The number of nitrogen functional groups attached to an aromatic ring is 1. The molecular formula is C26H41N5O4. The van der Waals surface area contributed by atoms with Gasteiger partial charge in [-0.25, -0.2) is 15.0 Å². The Labute approximate surface area is 208 Å². The molecule has 194 valence electrons. The van der Waals surface area contributed by atoms with Crippen LogP contribution in [0.2, 0.25) is 0 Å². The molecule has 0 spiro atoms. The highest BCUT2D eigenvalue weighted by Gasteiger charge is 2.44. The Bertz CT molecular complexity index is 970. The third kappa shape index (κ3) is 7.37. The Balaban J connectivity index is 1.49. The van der Waals surface area contributed by atoms with Gasteiger partial charge in [0.25, 0.3) is 0 Å². The maximum atomic E-state index is 10.5. The number of nitrogens with zero attached hydrogens (tertiary/aromatic N) is 4. The van der Waals surface area contributed by atoms with Crippen LogP contribution in [0.25, 0.3) is 11.2 Å². The van der Waals surface area contributed by atoms with E-state index < -0.39 is 31.1 Å². The van der Waals surface area contributed by atoms with Crippen molar-refractivity contribution < 1.29 is 20.1 Å². The lowest BCUT2D eigenvalue weighted by Gasteiger charge is -2.17. The summed E-state index contributed by atoms with van der Waals surface area (Å²) in [5.41, 5.74) is 6.69. The lowest BCUT2D eigenvalue weighted by Crippen LogP contribution is -2.33. The fraction of sp³-hybridized carbons (Fsp3) is 0.731. The first-order valence-electron chi connectivity index (χ1n) is 13.2. The molecule has 1 fully saturated rings. The normalized spacial score (nSPS) is 21.9. The SMILES string of the molecule is CCCCCCCCCCCCCCC#Cc1nc2c(N)ncnc2n1[C@@H]1O[C@H](CO)[C@@H](O)[C@H]1O. The predicted molar refractivity (Wildman–Crippen MR) is 135 cm³/mol. The molecule has 4 atom stereocenters. The maximum Gasteiger partial charge on any atom is 0.189 e. The van der Waals surface area contributed by atoms with Crippen molar-refractivity contribution in [3.05, 3.63) is 12.2 Å². The van der Waals surface area contributed by atoms with Gasteiger partial charge in [-0.15, -0.1) is 0 Å². The molecule has 2 aromatic heterocycles. The van der Waals surface area contributed by atoms with Crippen LogP contribution in [0.5, 0.6) is 0 Å². The Hall–Kier alpha value is -2.25. The number of ether oxygens (including phenoxy) is 1. The highest BCUT2D eigenvalue weighted by atomic mass is 16.6. The van der Waals surface area contributed by atoms with Gasteiger partial charge in [0, 0.05) is 6.42 Å². The van der Waals surface area contributed by atoms with Crippen LogP contribution in [0.4, 0.5) is 5.82 Å². The lowest BCUT2D eigenvalue weighted by atomic mass is 10.0. The predicted octanol–water partition coefficient (Wildman–Crippen LogP) is 3.46. The summed E-state index contributed by atoms with van der Waals surface area (Å²) in [5, 5.41) is 30.2. The van der Waals surface area contributed by atoms with E-state index in [1.165, 1.54) is 75.1 Å². The standard InChI is InChI=1S/C26H41N5O4/c1-2-3-4-5-6-7-8-9-10-11-12-13-14-15-16-20-30-21-24(27)28-18-29-25(21)31(20)26-23(34)22(33)19(17-32)35-26/h18-19,22-23,26,32-34H,2-14,17H2,1H3,(H2,27,28,29)/t19-,22-,23-,26-/m1/s1. The molecule has 1 aliphatic rings. The van der Waals surface area contributed by atoms with E-state index in [0.717, 1.165) is 19.3 Å². The topological polar surface area (TPSA) is 140 Å². The third-order valence-corrected chi connectivity index (χ3v) is 6.63. The van der Waals surface area contributed by atoms with Crippen molar-refractivity contribution in [2.45, 2.75) is 115 Å². The van der Waals surface area contributed by atoms with Gasteiger partial charge >= 0.3 is 0 Å². The molecule has 1 saturated heterocycles.